The number of nitrogens with zero attached hydrogens (tertiary/aromatic N) is 1. The predicted molar refractivity (Wildman–Crippen MR) is 109 cm³/mol. The van der Waals surface area contributed by atoms with Gasteiger partial charge in [-0.05, 0) is 67.0 Å². The fraction of sp³-hybridized carbons (Fsp3) is 0.440. The first-order valence-corrected chi connectivity index (χ1v) is 10.4. The summed E-state index contributed by atoms with van der Waals surface area (Å²) in [6.07, 6.45) is 7.59. The lowest BCUT2D eigenvalue weighted by atomic mass is 9.52. The van der Waals surface area contributed by atoms with Gasteiger partial charge in [0.25, 0.3) is 0 Å². The Hall–Kier alpha value is -2.24. The Morgan fingerprint density at radius 2 is 1.96 bits per heavy atom. The number of aromatic hydroxyl groups is 1. The van der Waals surface area contributed by atoms with E-state index in [9.17, 15) is 5.11 Å². The van der Waals surface area contributed by atoms with Crippen molar-refractivity contribution in [3.63, 3.8) is 0 Å². The SMILES string of the molecule is Oc1ccc2c(c1)[C@@]13CCCC[C@H]1[C@H](C2)N(CC#Cc1ccccc1)CC3. The molecule has 2 heteroatoms. The largest absolute Gasteiger partial charge is 0.508 e. The van der Waals surface area contributed by atoms with E-state index in [0.29, 0.717) is 23.1 Å². The molecule has 2 bridgehead atoms. The molecule has 3 aliphatic rings. The highest BCUT2D eigenvalue weighted by Crippen LogP contribution is 2.56. The van der Waals surface area contributed by atoms with Gasteiger partial charge in [-0.25, -0.2) is 0 Å². The number of likely N-dealkylation sites (tertiary alicyclic amines) is 1. The van der Waals surface area contributed by atoms with Crippen LogP contribution in [0.3, 0.4) is 0 Å². The van der Waals surface area contributed by atoms with Crippen molar-refractivity contribution in [1.82, 2.24) is 4.90 Å². The van der Waals surface area contributed by atoms with Gasteiger partial charge in [0.1, 0.15) is 5.75 Å². The molecular formula is C25H27NO. The van der Waals surface area contributed by atoms with Gasteiger partial charge in [0.05, 0.1) is 6.54 Å². The quantitative estimate of drug-likeness (QED) is 0.760. The van der Waals surface area contributed by atoms with Crippen LogP contribution < -0.4 is 0 Å². The van der Waals surface area contributed by atoms with Crippen LogP contribution in [0.25, 0.3) is 0 Å². The summed E-state index contributed by atoms with van der Waals surface area (Å²) in [5.41, 5.74) is 4.31. The molecule has 0 amide bonds. The van der Waals surface area contributed by atoms with Crippen molar-refractivity contribution in [3.05, 3.63) is 65.2 Å². The third-order valence-corrected chi connectivity index (χ3v) is 7.22. The second-order valence-corrected chi connectivity index (χ2v) is 8.51. The van der Waals surface area contributed by atoms with Gasteiger partial charge in [0.15, 0.2) is 0 Å². The van der Waals surface area contributed by atoms with Gasteiger partial charge in [-0.1, -0.05) is 48.9 Å². The lowest BCUT2D eigenvalue weighted by Gasteiger charge is -2.58. The van der Waals surface area contributed by atoms with Crippen LogP contribution in [0, 0.1) is 17.8 Å². The number of fused-ring (bicyclic) bond motifs is 1. The van der Waals surface area contributed by atoms with E-state index >= 15 is 0 Å². The molecule has 1 aliphatic heterocycles. The van der Waals surface area contributed by atoms with Gasteiger partial charge < -0.3 is 5.11 Å². The molecule has 1 heterocycles. The summed E-state index contributed by atoms with van der Waals surface area (Å²) in [4.78, 5) is 2.64. The molecule has 27 heavy (non-hydrogen) atoms. The van der Waals surface area contributed by atoms with Crippen molar-refractivity contribution in [3.8, 4) is 17.6 Å². The molecule has 2 aromatic carbocycles. The highest BCUT2D eigenvalue weighted by molar-refractivity contribution is 5.45. The normalized spacial score (nSPS) is 29.2. The van der Waals surface area contributed by atoms with Gasteiger partial charge in [-0.15, -0.1) is 0 Å². The molecule has 2 fully saturated rings. The van der Waals surface area contributed by atoms with Crippen molar-refractivity contribution in [2.45, 2.75) is 50.0 Å². The topological polar surface area (TPSA) is 23.5 Å². The molecule has 3 atom stereocenters. The van der Waals surface area contributed by atoms with E-state index in [-0.39, 0.29) is 0 Å². The lowest BCUT2D eigenvalue weighted by Crippen LogP contribution is -2.60. The second-order valence-electron chi connectivity index (χ2n) is 8.51. The Kier molecular flexibility index (Phi) is 4.21. The number of benzene rings is 2. The highest BCUT2D eigenvalue weighted by Gasteiger charge is 2.53. The lowest BCUT2D eigenvalue weighted by molar-refractivity contribution is -0.00417. The standard InChI is InChI=1S/C25H27NO/c27-21-12-11-20-17-24-22-10-4-5-13-25(22,23(20)18-21)14-16-26(24)15-6-9-19-7-2-1-3-8-19/h1-3,7-8,11-12,18,22,24,27H,4-5,10,13-17H2/t22-,24-,25+/m0/s1. The fourth-order valence-electron chi connectivity index (χ4n) is 6.03. The van der Waals surface area contributed by atoms with Crippen LogP contribution in [0.5, 0.6) is 5.75 Å². The number of hydrogen-bond acceptors (Lipinski definition) is 2. The summed E-state index contributed by atoms with van der Waals surface area (Å²) in [7, 11) is 0. The van der Waals surface area contributed by atoms with Gasteiger partial charge in [-0.3, -0.25) is 4.90 Å². The maximum atomic E-state index is 10.1. The summed E-state index contributed by atoms with van der Waals surface area (Å²) in [6, 6.07) is 17.0. The molecular weight excluding hydrogens is 330 g/mol. The Labute approximate surface area is 162 Å². The van der Waals surface area contributed by atoms with Crippen molar-refractivity contribution in [2.24, 2.45) is 5.92 Å². The highest BCUT2D eigenvalue weighted by atomic mass is 16.3. The van der Waals surface area contributed by atoms with E-state index in [0.717, 1.165) is 25.1 Å². The average molecular weight is 357 g/mol. The predicted octanol–water partition coefficient (Wildman–Crippen LogP) is 4.50. The average Bonchev–Trinajstić information content (AvgIpc) is 2.71. The van der Waals surface area contributed by atoms with Gasteiger partial charge in [0.2, 0.25) is 0 Å². The van der Waals surface area contributed by atoms with E-state index in [1.165, 1.54) is 43.2 Å². The van der Waals surface area contributed by atoms with Gasteiger partial charge in [0, 0.05) is 23.6 Å². The molecule has 1 saturated carbocycles. The zero-order valence-corrected chi connectivity index (χ0v) is 15.8. The van der Waals surface area contributed by atoms with E-state index < -0.39 is 0 Å². The monoisotopic (exact) mass is 357 g/mol. The fourth-order valence-corrected chi connectivity index (χ4v) is 6.03. The molecule has 0 radical (unpaired) electrons. The minimum Gasteiger partial charge on any atom is -0.508 e. The summed E-state index contributed by atoms with van der Waals surface area (Å²) < 4.78 is 0. The molecule has 2 nitrogen and oxygen atoms in total. The molecule has 0 unspecified atom stereocenters. The van der Waals surface area contributed by atoms with Crippen LogP contribution in [0.2, 0.25) is 0 Å². The second kappa shape index (κ2) is 6.73. The third-order valence-electron chi connectivity index (χ3n) is 7.22. The van der Waals surface area contributed by atoms with Crippen LogP contribution in [0.4, 0.5) is 0 Å². The Morgan fingerprint density at radius 1 is 1.07 bits per heavy atom. The molecule has 2 aliphatic carbocycles. The molecule has 0 aromatic heterocycles. The number of piperidine rings is 1. The molecule has 2 aromatic rings. The summed E-state index contributed by atoms with van der Waals surface area (Å²) in [5, 5.41) is 10.1. The maximum Gasteiger partial charge on any atom is 0.115 e. The number of hydrogen-bond donors (Lipinski definition) is 1. The third kappa shape index (κ3) is 2.86. The Bertz CT molecular complexity index is 894. The van der Waals surface area contributed by atoms with Crippen molar-refractivity contribution in [1.29, 1.82) is 0 Å². The van der Waals surface area contributed by atoms with Crippen LogP contribution in [0.1, 0.15) is 48.8 Å². The van der Waals surface area contributed by atoms with Gasteiger partial charge >= 0.3 is 0 Å². The van der Waals surface area contributed by atoms with Crippen LogP contribution >= 0.6 is 0 Å². The summed E-state index contributed by atoms with van der Waals surface area (Å²) in [5.74, 6) is 7.92. The van der Waals surface area contributed by atoms with Crippen LogP contribution in [-0.2, 0) is 11.8 Å². The van der Waals surface area contributed by atoms with Crippen LogP contribution in [-0.4, -0.2) is 29.1 Å². The molecule has 0 spiro atoms. The van der Waals surface area contributed by atoms with Crippen molar-refractivity contribution in [2.75, 3.05) is 13.1 Å². The zero-order valence-electron chi connectivity index (χ0n) is 15.8. The summed E-state index contributed by atoms with van der Waals surface area (Å²) >= 11 is 0. The number of rotatable bonds is 1. The van der Waals surface area contributed by atoms with Gasteiger partial charge in [-0.2, -0.15) is 0 Å². The Balaban J connectivity index is 1.45. The first-order valence-electron chi connectivity index (χ1n) is 10.4. The van der Waals surface area contributed by atoms with E-state index in [4.69, 9.17) is 0 Å². The first-order chi connectivity index (χ1) is 13.3. The minimum atomic E-state index is 0.290. The zero-order chi connectivity index (χ0) is 18.3. The molecule has 5 rings (SSSR count). The van der Waals surface area contributed by atoms with E-state index in [1.54, 1.807) is 0 Å². The number of phenols is 1. The smallest absolute Gasteiger partial charge is 0.115 e. The molecule has 1 N–H and O–H groups in total. The van der Waals surface area contributed by atoms with E-state index in [1.807, 2.05) is 12.1 Å². The minimum absolute atomic E-state index is 0.290. The Morgan fingerprint density at radius 3 is 2.85 bits per heavy atom. The van der Waals surface area contributed by atoms with E-state index in [2.05, 4.69) is 53.1 Å². The molecule has 138 valence electrons. The van der Waals surface area contributed by atoms with Crippen molar-refractivity contribution < 1.29 is 5.11 Å². The maximum absolute atomic E-state index is 10.1. The first kappa shape index (κ1) is 16.9. The summed E-state index contributed by atoms with van der Waals surface area (Å²) in [6.45, 7) is 1.99. The number of phenolic OH excluding ortho intramolecular Hbond substituents is 1. The van der Waals surface area contributed by atoms with Crippen LogP contribution in [0.15, 0.2) is 48.5 Å². The van der Waals surface area contributed by atoms with Crippen molar-refractivity contribution >= 4 is 0 Å². The molecule has 1 saturated heterocycles.